The van der Waals surface area contributed by atoms with Crippen molar-refractivity contribution in [3.05, 3.63) is 54.1 Å². The fraction of sp³-hybridized carbons (Fsp3) is 0.263. The van der Waals surface area contributed by atoms with E-state index in [1.807, 2.05) is 0 Å². The van der Waals surface area contributed by atoms with Crippen LogP contribution in [0, 0.1) is 0 Å². The van der Waals surface area contributed by atoms with E-state index >= 15 is 0 Å². The van der Waals surface area contributed by atoms with E-state index in [2.05, 4.69) is 10.6 Å². The summed E-state index contributed by atoms with van der Waals surface area (Å²) in [6.07, 6.45) is 0. The Labute approximate surface area is 152 Å². The van der Waals surface area contributed by atoms with Crippen molar-refractivity contribution in [1.29, 1.82) is 0 Å². The molecule has 0 aliphatic heterocycles. The van der Waals surface area contributed by atoms with Crippen molar-refractivity contribution in [2.75, 3.05) is 39.3 Å². The fourth-order valence-electron chi connectivity index (χ4n) is 2.09. The number of carbonyl (C=O) groups is 2. The topological polar surface area (TPSA) is 85.9 Å². The van der Waals surface area contributed by atoms with Crippen molar-refractivity contribution < 1.29 is 23.8 Å². The molecule has 0 aromatic heterocycles. The van der Waals surface area contributed by atoms with Gasteiger partial charge < -0.3 is 24.8 Å². The van der Waals surface area contributed by atoms with Crippen molar-refractivity contribution in [1.82, 2.24) is 5.32 Å². The number of carbonyl (C=O) groups excluding carboxylic acids is 2. The summed E-state index contributed by atoms with van der Waals surface area (Å²) < 4.78 is 15.3. The van der Waals surface area contributed by atoms with Gasteiger partial charge >= 0.3 is 0 Å². The zero-order valence-corrected chi connectivity index (χ0v) is 14.8. The van der Waals surface area contributed by atoms with Gasteiger partial charge in [-0.3, -0.25) is 9.59 Å². The van der Waals surface area contributed by atoms with Gasteiger partial charge in [0.1, 0.15) is 11.5 Å². The van der Waals surface area contributed by atoms with Crippen LogP contribution in [0.2, 0.25) is 0 Å². The number of hydrogen-bond donors (Lipinski definition) is 2. The standard InChI is InChI=1S/C19H22N2O5/c1-24-12-11-20-19(23)14-3-5-15(6-4-14)21-18(22)13-26-17-9-7-16(25-2)8-10-17/h3-10H,11-13H2,1-2H3,(H,20,23)(H,21,22). The predicted octanol–water partition coefficient (Wildman–Crippen LogP) is 2.09. The molecule has 0 atom stereocenters. The first-order valence-electron chi connectivity index (χ1n) is 8.06. The van der Waals surface area contributed by atoms with Gasteiger partial charge in [0.05, 0.1) is 13.7 Å². The van der Waals surface area contributed by atoms with Crippen LogP contribution >= 0.6 is 0 Å². The highest BCUT2D eigenvalue weighted by atomic mass is 16.5. The Morgan fingerprint density at radius 1 is 0.923 bits per heavy atom. The van der Waals surface area contributed by atoms with E-state index in [9.17, 15) is 9.59 Å². The molecule has 138 valence electrons. The van der Waals surface area contributed by atoms with Crippen molar-refractivity contribution in [3.8, 4) is 11.5 Å². The zero-order valence-electron chi connectivity index (χ0n) is 14.8. The van der Waals surface area contributed by atoms with Gasteiger partial charge in [0.25, 0.3) is 11.8 Å². The number of anilines is 1. The summed E-state index contributed by atoms with van der Waals surface area (Å²) >= 11 is 0. The second-order valence-corrected chi connectivity index (χ2v) is 5.34. The quantitative estimate of drug-likeness (QED) is 0.671. The fourth-order valence-corrected chi connectivity index (χ4v) is 2.09. The van der Waals surface area contributed by atoms with E-state index < -0.39 is 0 Å². The molecule has 2 aromatic rings. The van der Waals surface area contributed by atoms with Crippen LogP contribution in [-0.4, -0.2) is 45.8 Å². The van der Waals surface area contributed by atoms with E-state index in [1.165, 1.54) is 0 Å². The van der Waals surface area contributed by atoms with Crippen LogP contribution in [0.1, 0.15) is 10.4 Å². The maximum atomic E-state index is 11.9. The molecule has 7 heteroatoms. The molecule has 0 fully saturated rings. The molecule has 0 saturated carbocycles. The first-order chi connectivity index (χ1) is 12.6. The van der Waals surface area contributed by atoms with Gasteiger partial charge in [-0.05, 0) is 48.5 Å². The van der Waals surface area contributed by atoms with E-state index in [-0.39, 0.29) is 18.4 Å². The van der Waals surface area contributed by atoms with Crippen molar-refractivity contribution in [2.24, 2.45) is 0 Å². The average Bonchev–Trinajstić information content (AvgIpc) is 2.67. The SMILES string of the molecule is COCCNC(=O)c1ccc(NC(=O)COc2ccc(OC)cc2)cc1. The molecule has 0 unspecified atom stereocenters. The lowest BCUT2D eigenvalue weighted by Crippen LogP contribution is -2.26. The average molecular weight is 358 g/mol. The number of rotatable bonds is 9. The zero-order chi connectivity index (χ0) is 18.8. The molecule has 0 radical (unpaired) electrons. The smallest absolute Gasteiger partial charge is 0.262 e. The predicted molar refractivity (Wildman–Crippen MR) is 97.8 cm³/mol. The first-order valence-corrected chi connectivity index (χ1v) is 8.06. The van der Waals surface area contributed by atoms with Crippen LogP contribution in [0.3, 0.4) is 0 Å². The molecule has 0 saturated heterocycles. The molecule has 0 aliphatic carbocycles. The maximum absolute atomic E-state index is 11.9. The van der Waals surface area contributed by atoms with Crippen molar-refractivity contribution in [3.63, 3.8) is 0 Å². The molecule has 0 spiro atoms. The minimum atomic E-state index is -0.293. The van der Waals surface area contributed by atoms with Crippen LogP contribution in [-0.2, 0) is 9.53 Å². The summed E-state index contributed by atoms with van der Waals surface area (Å²) in [4.78, 5) is 23.8. The van der Waals surface area contributed by atoms with E-state index in [1.54, 1.807) is 62.8 Å². The summed E-state index contributed by atoms with van der Waals surface area (Å²) in [7, 11) is 3.15. The Hall–Kier alpha value is -3.06. The van der Waals surface area contributed by atoms with Crippen LogP contribution in [0.15, 0.2) is 48.5 Å². The molecule has 26 heavy (non-hydrogen) atoms. The third-order valence-electron chi connectivity index (χ3n) is 3.45. The molecule has 7 nitrogen and oxygen atoms in total. The lowest BCUT2D eigenvalue weighted by Gasteiger charge is -2.09. The summed E-state index contributed by atoms with van der Waals surface area (Å²) in [5, 5.41) is 5.44. The molecule has 0 bridgehead atoms. The van der Waals surface area contributed by atoms with Gasteiger partial charge in [-0.25, -0.2) is 0 Å². The van der Waals surface area contributed by atoms with E-state index in [0.717, 1.165) is 0 Å². The second-order valence-electron chi connectivity index (χ2n) is 5.34. The van der Waals surface area contributed by atoms with Gasteiger partial charge in [0.15, 0.2) is 6.61 Å². The number of methoxy groups -OCH3 is 2. The first kappa shape index (κ1) is 19.3. The normalized spacial score (nSPS) is 10.1. The largest absolute Gasteiger partial charge is 0.497 e. The Bertz CT molecular complexity index is 714. The highest BCUT2D eigenvalue weighted by molar-refractivity contribution is 5.96. The van der Waals surface area contributed by atoms with Crippen LogP contribution in [0.4, 0.5) is 5.69 Å². The van der Waals surface area contributed by atoms with Crippen molar-refractivity contribution in [2.45, 2.75) is 0 Å². The Kier molecular flexibility index (Phi) is 7.45. The van der Waals surface area contributed by atoms with Gasteiger partial charge in [0, 0.05) is 24.9 Å². The molecule has 2 aromatic carbocycles. The number of hydrogen-bond acceptors (Lipinski definition) is 5. The molecule has 0 heterocycles. The summed E-state index contributed by atoms with van der Waals surface area (Å²) in [6.45, 7) is 0.774. The van der Waals surface area contributed by atoms with Gasteiger partial charge in [0.2, 0.25) is 0 Å². The van der Waals surface area contributed by atoms with E-state index in [4.69, 9.17) is 14.2 Å². The molecular weight excluding hydrogens is 336 g/mol. The van der Waals surface area contributed by atoms with Gasteiger partial charge in [-0.2, -0.15) is 0 Å². The molecule has 0 aliphatic rings. The van der Waals surface area contributed by atoms with Crippen LogP contribution in [0.5, 0.6) is 11.5 Å². The number of ether oxygens (including phenoxy) is 3. The summed E-state index contributed by atoms with van der Waals surface area (Å²) in [6, 6.07) is 13.6. The number of amides is 2. The summed E-state index contributed by atoms with van der Waals surface area (Å²) in [5.41, 5.74) is 1.09. The highest BCUT2D eigenvalue weighted by Gasteiger charge is 2.07. The molecule has 2 amide bonds. The highest BCUT2D eigenvalue weighted by Crippen LogP contribution is 2.17. The Balaban J connectivity index is 1.80. The second kappa shape index (κ2) is 10.0. The number of nitrogens with one attached hydrogen (secondary N) is 2. The van der Waals surface area contributed by atoms with Crippen molar-refractivity contribution >= 4 is 17.5 Å². The van der Waals surface area contributed by atoms with E-state index in [0.29, 0.717) is 35.9 Å². The molecule has 2 N–H and O–H groups in total. The van der Waals surface area contributed by atoms with Crippen LogP contribution in [0.25, 0.3) is 0 Å². The summed E-state index contributed by atoms with van der Waals surface area (Å²) in [5.74, 6) is 0.804. The lowest BCUT2D eigenvalue weighted by atomic mass is 10.2. The van der Waals surface area contributed by atoms with Gasteiger partial charge in [-0.1, -0.05) is 0 Å². The Morgan fingerprint density at radius 2 is 1.58 bits per heavy atom. The third-order valence-corrected chi connectivity index (χ3v) is 3.45. The maximum Gasteiger partial charge on any atom is 0.262 e. The minimum Gasteiger partial charge on any atom is -0.497 e. The third kappa shape index (κ3) is 6.10. The monoisotopic (exact) mass is 358 g/mol. The molecule has 2 rings (SSSR count). The van der Waals surface area contributed by atoms with Gasteiger partial charge in [-0.15, -0.1) is 0 Å². The lowest BCUT2D eigenvalue weighted by molar-refractivity contribution is -0.118. The van der Waals surface area contributed by atoms with Crippen LogP contribution < -0.4 is 20.1 Å². The molecular formula is C19H22N2O5. The number of benzene rings is 2. The Morgan fingerprint density at radius 3 is 2.19 bits per heavy atom. The minimum absolute atomic E-state index is 0.119.